The van der Waals surface area contributed by atoms with Crippen LogP contribution in [0.4, 0.5) is 18.9 Å². The number of likely N-dealkylation sites (tertiary alicyclic amines) is 1. The molecule has 0 radical (unpaired) electrons. The van der Waals surface area contributed by atoms with Crippen molar-refractivity contribution in [2.24, 2.45) is 5.41 Å². The van der Waals surface area contributed by atoms with Gasteiger partial charge in [-0.25, -0.2) is 9.97 Å². The highest BCUT2D eigenvalue weighted by Gasteiger charge is 2.47. The number of hydrogen-bond donors (Lipinski definition) is 1. The second-order valence-electron chi connectivity index (χ2n) is 17.9. The number of para-hydroxylation sites is 4. The number of aromatic nitrogens is 2. The van der Waals surface area contributed by atoms with Crippen LogP contribution in [-0.2, 0) is 0 Å². The van der Waals surface area contributed by atoms with Gasteiger partial charge in [0.2, 0.25) is 0 Å². The summed E-state index contributed by atoms with van der Waals surface area (Å²) in [5, 5.41) is 3.37. The molecule has 1 N–H and O–H groups in total. The van der Waals surface area contributed by atoms with Crippen LogP contribution in [0.5, 0.6) is 0 Å². The summed E-state index contributed by atoms with van der Waals surface area (Å²) in [6, 6.07) is 31.3. The maximum absolute atomic E-state index is 13.3. The van der Waals surface area contributed by atoms with E-state index in [-0.39, 0.29) is 18.2 Å². The van der Waals surface area contributed by atoms with Gasteiger partial charge in [0.1, 0.15) is 22.4 Å². The highest BCUT2D eigenvalue weighted by atomic mass is 19.4. The lowest BCUT2D eigenvalue weighted by Crippen LogP contribution is -2.71. The van der Waals surface area contributed by atoms with E-state index in [1.807, 2.05) is 120 Å². The normalized spacial score (nSPS) is 16.2. The fourth-order valence-corrected chi connectivity index (χ4v) is 9.67. The second kappa shape index (κ2) is 17.8. The zero-order valence-corrected chi connectivity index (χ0v) is 38.2. The van der Waals surface area contributed by atoms with Crippen molar-refractivity contribution < 1.29 is 23.4 Å². The van der Waals surface area contributed by atoms with Gasteiger partial charge in [0, 0.05) is 49.8 Å². The number of fused-ring (bicyclic) bond motifs is 4. The summed E-state index contributed by atoms with van der Waals surface area (Å²) in [6.45, 7) is 16.0. The Labute approximate surface area is 383 Å². The minimum absolute atomic E-state index is 0. The number of halogens is 3. The maximum atomic E-state index is 13.3. The molecule has 11 rings (SSSR count). The Morgan fingerprint density at radius 1 is 0.667 bits per heavy atom. The molecular formula is C54H56F3N5O4. The molecule has 9 nitrogen and oxygen atoms in total. The molecule has 4 aromatic rings. The quantitative estimate of drug-likeness (QED) is 0.169. The molecule has 0 bridgehead atoms. The molecule has 0 unspecified atom stereocenters. The minimum Gasteiger partial charge on any atom is -0.452 e. The third kappa shape index (κ3) is 8.37. The van der Waals surface area contributed by atoms with Crippen LogP contribution in [-0.4, -0.2) is 66.9 Å². The number of alkyl halides is 3. The predicted molar refractivity (Wildman–Crippen MR) is 259 cm³/mol. The lowest BCUT2D eigenvalue weighted by Gasteiger charge is -2.57. The fraction of sp³-hybridized carbons (Fsp3) is 0.333. The van der Waals surface area contributed by atoms with E-state index >= 15 is 0 Å². The Morgan fingerprint density at radius 3 is 1.56 bits per heavy atom. The first kappa shape index (κ1) is 44.8. The molecule has 0 atom stereocenters. The Kier molecular flexibility index (Phi) is 12.1. The van der Waals surface area contributed by atoms with Crippen molar-refractivity contribution in [3.63, 3.8) is 0 Å². The van der Waals surface area contributed by atoms with Gasteiger partial charge in [-0.1, -0.05) is 74.5 Å². The van der Waals surface area contributed by atoms with E-state index in [9.17, 15) is 22.8 Å². The third-order valence-electron chi connectivity index (χ3n) is 13.7. The standard InChI is InChI=1S/C27H25F3N2O2.C25H23N3O2.C2H6.H2/c1-16-17(2)25(33)23(26-24(16)31-21-5-3-4-6-22(21)34-26)20-9-7-18(8-10-20)19-11-13-32(14-12-19)15-27(28,29)30;1-15-16(2)23(29)21(24-22(15)27-19-5-3-4-6-20(19)30-24)17-7-9-18(10-8-17)28-13-25(14-28)11-26-12-25;1-2;/h3-10,19H,11-15H2,1-2H3;3-10,26H,11-14H2,1-2H3;1-2H3;1H. The van der Waals surface area contributed by atoms with Crippen LogP contribution < -0.4 is 21.1 Å². The van der Waals surface area contributed by atoms with Crippen molar-refractivity contribution in [1.29, 1.82) is 0 Å². The largest absolute Gasteiger partial charge is 0.452 e. The SMILES string of the molecule is CC.Cc1c2nc3ccccc3oc-2c(-c2ccc(C3CCN(CC(F)(F)F)CC3)cc2)c(=O)c1C.Cc1c2nc3ccccc3oc-2c(-c2ccc(N3CC4(CNC4)C3)cc2)c(=O)c1C.[HH]. The van der Waals surface area contributed by atoms with Crippen molar-refractivity contribution in [3.8, 4) is 45.2 Å². The Balaban J connectivity index is 0.000000174. The molecule has 0 saturated carbocycles. The highest BCUT2D eigenvalue weighted by Crippen LogP contribution is 2.41. The monoisotopic (exact) mass is 895 g/mol. The lowest BCUT2D eigenvalue weighted by atomic mass is 9.74. The average Bonchev–Trinajstić information content (AvgIpc) is 3.30. The molecule has 4 aromatic carbocycles. The van der Waals surface area contributed by atoms with Gasteiger partial charge in [-0.3, -0.25) is 14.5 Å². The molecule has 0 amide bonds. The van der Waals surface area contributed by atoms with Crippen LogP contribution in [0.2, 0.25) is 0 Å². The summed E-state index contributed by atoms with van der Waals surface area (Å²) >= 11 is 0. The zero-order chi connectivity index (χ0) is 46.5. The maximum Gasteiger partial charge on any atom is 0.401 e. The number of benzene rings is 6. The van der Waals surface area contributed by atoms with E-state index in [1.165, 1.54) is 10.6 Å². The van der Waals surface area contributed by atoms with E-state index in [1.54, 1.807) is 6.92 Å². The van der Waals surface area contributed by atoms with E-state index in [0.717, 1.165) is 76.3 Å². The van der Waals surface area contributed by atoms with Crippen molar-refractivity contribution in [2.45, 2.75) is 66.5 Å². The van der Waals surface area contributed by atoms with Gasteiger partial charge >= 0.3 is 6.18 Å². The first-order valence-electron chi connectivity index (χ1n) is 22.9. The van der Waals surface area contributed by atoms with Crippen LogP contribution in [0.25, 0.3) is 67.4 Å². The molecule has 3 saturated heterocycles. The number of hydrogen-bond acceptors (Lipinski definition) is 9. The summed E-state index contributed by atoms with van der Waals surface area (Å²) in [4.78, 5) is 40.0. The molecule has 7 aliphatic rings. The summed E-state index contributed by atoms with van der Waals surface area (Å²) in [5.41, 5.74) is 12.7. The molecule has 342 valence electrons. The van der Waals surface area contributed by atoms with Crippen molar-refractivity contribution in [3.05, 3.63) is 145 Å². The Bertz CT molecular complexity index is 3110. The molecule has 5 heterocycles. The molecule has 0 aromatic heterocycles. The van der Waals surface area contributed by atoms with Crippen LogP contribution >= 0.6 is 0 Å². The van der Waals surface area contributed by atoms with E-state index in [4.69, 9.17) is 18.8 Å². The van der Waals surface area contributed by atoms with Crippen molar-refractivity contribution >= 4 is 27.9 Å². The third-order valence-corrected chi connectivity index (χ3v) is 13.7. The number of anilines is 1. The van der Waals surface area contributed by atoms with Crippen molar-refractivity contribution in [1.82, 2.24) is 20.2 Å². The Hall–Kier alpha value is -6.37. The highest BCUT2D eigenvalue weighted by molar-refractivity contribution is 5.88. The first-order valence-corrected chi connectivity index (χ1v) is 22.9. The van der Waals surface area contributed by atoms with Gasteiger partial charge in [-0.15, -0.1) is 0 Å². The predicted octanol–water partition coefficient (Wildman–Crippen LogP) is 11.6. The van der Waals surface area contributed by atoms with Crippen molar-refractivity contribution in [2.75, 3.05) is 50.7 Å². The Morgan fingerprint density at radius 2 is 1.12 bits per heavy atom. The minimum atomic E-state index is -4.16. The van der Waals surface area contributed by atoms with E-state index < -0.39 is 12.7 Å². The van der Waals surface area contributed by atoms with Crippen LogP contribution in [0.1, 0.15) is 61.9 Å². The molecule has 1 spiro atoms. The number of rotatable bonds is 5. The van der Waals surface area contributed by atoms with E-state index in [0.29, 0.717) is 76.4 Å². The molecule has 2 aliphatic carbocycles. The van der Waals surface area contributed by atoms with Gasteiger partial charge in [0.15, 0.2) is 33.5 Å². The molecule has 3 fully saturated rings. The van der Waals surface area contributed by atoms with Crippen LogP contribution in [0.15, 0.2) is 115 Å². The van der Waals surface area contributed by atoms with Gasteiger partial charge < -0.3 is 19.1 Å². The summed E-state index contributed by atoms with van der Waals surface area (Å²) < 4.78 is 50.4. The second-order valence-corrected chi connectivity index (χ2v) is 17.9. The topological polar surface area (TPSA) is 105 Å². The molecule has 12 heteroatoms. The number of nitrogens with zero attached hydrogens (tertiary/aromatic N) is 4. The summed E-state index contributed by atoms with van der Waals surface area (Å²) in [5.74, 6) is 1.25. The van der Waals surface area contributed by atoms with E-state index in [2.05, 4.69) is 22.3 Å². The zero-order valence-electron chi connectivity index (χ0n) is 38.2. The smallest absolute Gasteiger partial charge is 0.401 e. The van der Waals surface area contributed by atoms with Gasteiger partial charge in [0.25, 0.3) is 0 Å². The molecule has 5 aliphatic heterocycles. The lowest BCUT2D eigenvalue weighted by molar-refractivity contribution is -0.147. The fourth-order valence-electron chi connectivity index (χ4n) is 9.67. The first-order chi connectivity index (χ1) is 31.8. The van der Waals surface area contributed by atoms with Crippen LogP contribution in [0.3, 0.4) is 0 Å². The van der Waals surface area contributed by atoms with Crippen LogP contribution in [0, 0.1) is 33.1 Å². The molecule has 66 heavy (non-hydrogen) atoms. The molecular weight excluding hydrogens is 840 g/mol. The van der Waals surface area contributed by atoms with Gasteiger partial charge in [0.05, 0.1) is 17.7 Å². The number of nitrogens with one attached hydrogen (secondary N) is 1. The average molecular weight is 896 g/mol. The number of piperidine rings is 1. The summed E-state index contributed by atoms with van der Waals surface area (Å²) in [7, 11) is 0. The summed E-state index contributed by atoms with van der Waals surface area (Å²) in [6.07, 6.45) is -2.80. The van der Waals surface area contributed by atoms with Gasteiger partial charge in [-0.05, 0) is 124 Å². The van der Waals surface area contributed by atoms with Gasteiger partial charge in [-0.2, -0.15) is 13.2 Å².